The minimum Gasteiger partial charge on any atom is -0.282 e. The van der Waals surface area contributed by atoms with Crippen molar-refractivity contribution in [2.75, 3.05) is 13.1 Å². The highest BCUT2D eigenvalue weighted by molar-refractivity contribution is 7.11. The number of fused-ring (bicyclic) bond motifs is 1. The molecule has 0 radical (unpaired) electrons. The number of aromatic nitrogens is 1. The standard InChI is InChI=1S/C20H22N2S/c1-2-14-22(15-8-11-17-9-4-3-5-10-17)16-20-21-18-12-6-7-13-19(18)23-20/h2-5,9-10H,1,6-7,12-16H2. The molecule has 1 aliphatic rings. The average molecular weight is 322 g/mol. The van der Waals surface area contributed by atoms with Gasteiger partial charge >= 0.3 is 0 Å². The highest BCUT2D eigenvalue weighted by Gasteiger charge is 2.16. The molecule has 1 aliphatic carbocycles. The Kier molecular flexibility index (Phi) is 5.63. The molecule has 0 saturated heterocycles. The molecular formula is C20H22N2S. The summed E-state index contributed by atoms with van der Waals surface area (Å²) in [5.41, 5.74) is 2.40. The number of aryl methyl sites for hydroxylation is 2. The number of rotatable bonds is 5. The van der Waals surface area contributed by atoms with Crippen LogP contribution in [-0.2, 0) is 19.4 Å². The maximum atomic E-state index is 4.83. The van der Waals surface area contributed by atoms with Gasteiger partial charge in [-0.1, -0.05) is 36.1 Å². The van der Waals surface area contributed by atoms with Gasteiger partial charge in [-0.3, -0.25) is 4.90 Å². The van der Waals surface area contributed by atoms with Crippen LogP contribution in [0.25, 0.3) is 0 Å². The van der Waals surface area contributed by atoms with Gasteiger partial charge in [0.05, 0.1) is 18.8 Å². The Morgan fingerprint density at radius 1 is 1.22 bits per heavy atom. The highest BCUT2D eigenvalue weighted by Crippen LogP contribution is 2.27. The zero-order valence-electron chi connectivity index (χ0n) is 13.4. The first-order chi connectivity index (χ1) is 11.3. The minimum absolute atomic E-state index is 0.741. The molecule has 0 atom stereocenters. The molecule has 1 heterocycles. The second-order valence-corrected chi connectivity index (χ2v) is 6.98. The molecule has 3 rings (SSSR count). The van der Waals surface area contributed by atoms with Crippen LogP contribution in [0.1, 0.15) is 34.0 Å². The lowest BCUT2D eigenvalue weighted by molar-refractivity contribution is 0.332. The van der Waals surface area contributed by atoms with Gasteiger partial charge in [-0.25, -0.2) is 4.98 Å². The SMILES string of the molecule is C=CCN(CC#Cc1ccccc1)Cc1nc2c(s1)CCCC2. The first-order valence-electron chi connectivity index (χ1n) is 8.20. The summed E-state index contributed by atoms with van der Waals surface area (Å²) in [4.78, 5) is 8.63. The van der Waals surface area contributed by atoms with Gasteiger partial charge < -0.3 is 0 Å². The predicted molar refractivity (Wildman–Crippen MR) is 97.6 cm³/mol. The van der Waals surface area contributed by atoms with Crippen molar-refractivity contribution >= 4 is 11.3 Å². The van der Waals surface area contributed by atoms with Crippen LogP contribution >= 0.6 is 11.3 Å². The maximum absolute atomic E-state index is 4.83. The molecule has 118 valence electrons. The first-order valence-corrected chi connectivity index (χ1v) is 9.01. The van der Waals surface area contributed by atoms with E-state index in [4.69, 9.17) is 4.98 Å². The van der Waals surface area contributed by atoms with Gasteiger partial charge in [0.2, 0.25) is 0 Å². The molecule has 3 heteroatoms. The fourth-order valence-electron chi connectivity index (χ4n) is 2.81. The van der Waals surface area contributed by atoms with E-state index >= 15 is 0 Å². The summed E-state index contributed by atoms with van der Waals surface area (Å²) in [6.07, 6.45) is 6.91. The normalized spacial score (nSPS) is 13.3. The average Bonchev–Trinajstić information content (AvgIpc) is 2.98. The number of hydrogen-bond donors (Lipinski definition) is 0. The van der Waals surface area contributed by atoms with Crippen molar-refractivity contribution in [2.24, 2.45) is 0 Å². The zero-order chi connectivity index (χ0) is 15.9. The van der Waals surface area contributed by atoms with Crippen LogP contribution in [0.4, 0.5) is 0 Å². The third-order valence-corrected chi connectivity index (χ3v) is 5.09. The predicted octanol–water partition coefficient (Wildman–Crippen LogP) is 4.06. The van der Waals surface area contributed by atoms with Gasteiger partial charge in [-0.15, -0.1) is 17.9 Å². The van der Waals surface area contributed by atoms with E-state index in [1.165, 1.54) is 34.8 Å². The van der Waals surface area contributed by atoms with Crippen molar-refractivity contribution in [2.45, 2.75) is 32.2 Å². The second kappa shape index (κ2) is 8.10. The lowest BCUT2D eigenvalue weighted by Gasteiger charge is -2.15. The molecule has 1 aromatic heterocycles. The van der Waals surface area contributed by atoms with Gasteiger partial charge in [-0.2, -0.15) is 0 Å². The molecule has 0 amide bonds. The van der Waals surface area contributed by atoms with E-state index in [0.29, 0.717) is 0 Å². The van der Waals surface area contributed by atoms with Crippen LogP contribution < -0.4 is 0 Å². The van der Waals surface area contributed by atoms with E-state index in [0.717, 1.165) is 31.6 Å². The maximum Gasteiger partial charge on any atom is 0.107 e. The number of benzene rings is 1. The molecule has 0 N–H and O–H groups in total. The third-order valence-electron chi connectivity index (χ3n) is 3.95. The lowest BCUT2D eigenvalue weighted by atomic mass is 10.0. The van der Waals surface area contributed by atoms with Gasteiger partial charge in [0.15, 0.2) is 0 Å². The molecule has 23 heavy (non-hydrogen) atoms. The summed E-state index contributed by atoms with van der Waals surface area (Å²) >= 11 is 1.88. The molecule has 2 nitrogen and oxygen atoms in total. The van der Waals surface area contributed by atoms with Crippen LogP contribution in [0.5, 0.6) is 0 Å². The molecule has 1 aromatic carbocycles. The monoisotopic (exact) mass is 322 g/mol. The van der Waals surface area contributed by atoms with Crippen LogP contribution in [0.3, 0.4) is 0 Å². The van der Waals surface area contributed by atoms with Crippen molar-refractivity contribution in [3.05, 3.63) is 64.1 Å². The summed E-state index contributed by atoms with van der Waals surface area (Å²) in [6.45, 7) is 6.32. The van der Waals surface area contributed by atoms with Crippen molar-refractivity contribution in [3.8, 4) is 11.8 Å². The van der Waals surface area contributed by atoms with Crippen molar-refractivity contribution < 1.29 is 0 Å². The zero-order valence-corrected chi connectivity index (χ0v) is 14.2. The third kappa shape index (κ3) is 4.54. The Bertz CT molecular complexity index is 683. The van der Waals surface area contributed by atoms with E-state index in [2.05, 4.69) is 23.3 Å². The number of thiazole rings is 1. The highest BCUT2D eigenvalue weighted by atomic mass is 32.1. The Balaban J connectivity index is 1.63. The molecule has 0 unspecified atom stereocenters. The lowest BCUT2D eigenvalue weighted by Crippen LogP contribution is -2.23. The Morgan fingerprint density at radius 2 is 2.04 bits per heavy atom. The van der Waals surface area contributed by atoms with E-state index in [9.17, 15) is 0 Å². The van der Waals surface area contributed by atoms with Crippen molar-refractivity contribution in [3.63, 3.8) is 0 Å². The van der Waals surface area contributed by atoms with Crippen LogP contribution in [-0.4, -0.2) is 23.0 Å². The Hall–Kier alpha value is -1.89. The molecule has 2 aromatic rings. The van der Waals surface area contributed by atoms with Crippen LogP contribution in [0, 0.1) is 11.8 Å². The smallest absolute Gasteiger partial charge is 0.107 e. The summed E-state index contributed by atoms with van der Waals surface area (Å²) in [5, 5.41) is 1.22. The summed E-state index contributed by atoms with van der Waals surface area (Å²) in [5.74, 6) is 6.50. The van der Waals surface area contributed by atoms with E-state index < -0.39 is 0 Å². The van der Waals surface area contributed by atoms with Crippen LogP contribution in [0.2, 0.25) is 0 Å². The quantitative estimate of drug-likeness (QED) is 0.609. The van der Waals surface area contributed by atoms with Gasteiger partial charge in [0, 0.05) is 17.0 Å². The number of nitrogens with zero attached hydrogens (tertiary/aromatic N) is 2. The Morgan fingerprint density at radius 3 is 2.83 bits per heavy atom. The molecule has 0 bridgehead atoms. The topological polar surface area (TPSA) is 16.1 Å². The molecule has 0 saturated carbocycles. The second-order valence-electron chi connectivity index (χ2n) is 5.81. The summed E-state index contributed by atoms with van der Waals surface area (Å²) in [7, 11) is 0. The summed E-state index contributed by atoms with van der Waals surface area (Å²) in [6, 6.07) is 10.1. The van der Waals surface area contributed by atoms with Crippen molar-refractivity contribution in [1.82, 2.24) is 9.88 Å². The fourth-order valence-corrected chi connectivity index (χ4v) is 4.01. The Labute approximate surface area is 142 Å². The van der Waals surface area contributed by atoms with Gasteiger partial charge in [0.1, 0.15) is 5.01 Å². The first kappa shape index (κ1) is 16.0. The van der Waals surface area contributed by atoms with Gasteiger partial charge in [-0.05, 0) is 37.8 Å². The molecule has 0 aliphatic heterocycles. The van der Waals surface area contributed by atoms with E-state index in [1.54, 1.807) is 0 Å². The fraction of sp³-hybridized carbons (Fsp3) is 0.350. The summed E-state index contributed by atoms with van der Waals surface area (Å²) < 4.78 is 0. The molecular weight excluding hydrogens is 300 g/mol. The minimum atomic E-state index is 0.741. The van der Waals surface area contributed by atoms with Gasteiger partial charge in [0.25, 0.3) is 0 Å². The van der Waals surface area contributed by atoms with E-state index in [-0.39, 0.29) is 0 Å². The van der Waals surface area contributed by atoms with E-state index in [1.807, 2.05) is 47.7 Å². The molecule has 0 spiro atoms. The van der Waals surface area contributed by atoms with Crippen LogP contribution in [0.15, 0.2) is 43.0 Å². The number of hydrogen-bond acceptors (Lipinski definition) is 3. The van der Waals surface area contributed by atoms with Crippen molar-refractivity contribution in [1.29, 1.82) is 0 Å². The largest absolute Gasteiger partial charge is 0.282 e. The molecule has 0 fully saturated rings.